The van der Waals surface area contributed by atoms with Crippen LogP contribution in [0.25, 0.3) is 11.1 Å². The molecule has 7 nitrogen and oxygen atoms in total. The lowest BCUT2D eigenvalue weighted by atomic mass is 9.98. The highest BCUT2D eigenvalue weighted by Gasteiger charge is 2.24. The van der Waals surface area contributed by atoms with E-state index in [-0.39, 0.29) is 0 Å². The first-order chi connectivity index (χ1) is 13.8. The summed E-state index contributed by atoms with van der Waals surface area (Å²) in [6.45, 7) is 4.29. The number of hydrogen-bond acceptors (Lipinski definition) is 5. The van der Waals surface area contributed by atoms with E-state index in [4.69, 9.17) is 15.6 Å². The summed E-state index contributed by atoms with van der Waals surface area (Å²) in [5.41, 5.74) is 11.5. The number of aromatic nitrogens is 3. The third kappa shape index (κ3) is 3.90. The van der Waals surface area contributed by atoms with Gasteiger partial charge in [0.2, 0.25) is 5.88 Å². The molecule has 152 valence electrons. The number of anilines is 1. The minimum absolute atomic E-state index is 0.335. The van der Waals surface area contributed by atoms with Crippen molar-refractivity contribution in [1.82, 2.24) is 14.8 Å². The van der Waals surface area contributed by atoms with E-state index in [0.717, 1.165) is 36.1 Å². The third-order valence-electron chi connectivity index (χ3n) is 5.34. The van der Waals surface area contributed by atoms with E-state index < -0.39 is 16.5 Å². The lowest BCUT2D eigenvalue weighted by Crippen LogP contribution is -2.34. The molecule has 0 aliphatic heterocycles. The third-order valence-corrected chi connectivity index (χ3v) is 5.97. The van der Waals surface area contributed by atoms with Crippen LogP contribution in [-0.2, 0) is 29.4 Å². The van der Waals surface area contributed by atoms with E-state index in [1.165, 1.54) is 11.1 Å². The monoisotopic (exact) mass is 411 g/mol. The van der Waals surface area contributed by atoms with Gasteiger partial charge in [-0.05, 0) is 61.9 Å². The molecular formula is C21H25N5O2S. The molecule has 0 fully saturated rings. The van der Waals surface area contributed by atoms with Crippen molar-refractivity contribution in [3.8, 4) is 17.0 Å². The molecule has 0 saturated carbocycles. The van der Waals surface area contributed by atoms with E-state index in [9.17, 15) is 4.21 Å². The predicted molar refractivity (Wildman–Crippen MR) is 114 cm³/mol. The fourth-order valence-electron chi connectivity index (χ4n) is 3.67. The Balaban J connectivity index is 1.53. The van der Waals surface area contributed by atoms with Crippen molar-refractivity contribution >= 4 is 16.7 Å². The summed E-state index contributed by atoms with van der Waals surface area (Å²) in [5, 5.41) is 10.0. The van der Waals surface area contributed by atoms with Gasteiger partial charge in [-0.3, -0.25) is 4.68 Å². The number of aryl methyl sites for hydroxylation is 1. The number of benzene rings is 1. The Labute approximate surface area is 172 Å². The van der Waals surface area contributed by atoms with Crippen LogP contribution in [0.2, 0.25) is 0 Å². The number of ether oxygens (including phenoxy) is 1. The summed E-state index contributed by atoms with van der Waals surface area (Å²) in [6.07, 6.45) is 6.78. The Morgan fingerprint density at radius 1 is 1.24 bits per heavy atom. The Bertz CT molecular complexity index is 1080. The lowest BCUT2D eigenvalue weighted by molar-refractivity contribution is 0.164. The number of hydrogen-bond donors (Lipinski definition) is 2. The van der Waals surface area contributed by atoms with E-state index in [1.54, 1.807) is 23.1 Å². The van der Waals surface area contributed by atoms with E-state index >= 15 is 0 Å². The predicted octanol–water partition coefficient (Wildman–Crippen LogP) is 2.81. The van der Waals surface area contributed by atoms with Crippen LogP contribution in [0, 0.1) is 0 Å². The van der Waals surface area contributed by atoms with Crippen LogP contribution in [0.5, 0.6) is 5.88 Å². The van der Waals surface area contributed by atoms with Crippen molar-refractivity contribution < 1.29 is 8.95 Å². The second-order valence-corrected chi connectivity index (χ2v) is 8.91. The van der Waals surface area contributed by atoms with Gasteiger partial charge >= 0.3 is 0 Å². The maximum Gasteiger partial charge on any atom is 0.213 e. The number of nitrogens with two attached hydrogens (primary N) is 2. The molecule has 29 heavy (non-hydrogen) atoms. The van der Waals surface area contributed by atoms with Gasteiger partial charge < -0.3 is 10.5 Å². The van der Waals surface area contributed by atoms with Crippen molar-refractivity contribution in [1.29, 1.82) is 0 Å². The minimum Gasteiger partial charge on any atom is -0.475 e. The number of rotatable bonds is 6. The van der Waals surface area contributed by atoms with Gasteiger partial charge in [0, 0.05) is 29.7 Å². The highest BCUT2D eigenvalue weighted by molar-refractivity contribution is 7.82. The summed E-state index contributed by atoms with van der Waals surface area (Å²) in [7, 11) is -1.61. The molecule has 4 rings (SSSR count). The molecule has 3 aromatic rings. The van der Waals surface area contributed by atoms with Gasteiger partial charge in [0.25, 0.3) is 0 Å². The van der Waals surface area contributed by atoms with Crippen LogP contribution in [-0.4, -0.2) is 25.6 Å². The molecule has 1 unspecified atom stereocenters. The Kier molecular flexibility index (Phi) is 5.14. The second kappa shape index (κ2) is 7.61. The van der Waals surface area contributed by atoms with Gasteiger partial charge in [-0.2, -0.15) is 5.10 Å². The fraction of sp³-hybridized carbons (Fsp3) is 0.333. The Morgan fingerprint density at radius 3 is 2.83 bits per heavy atom. The molecular weight excluding hydrogens is 386 g/mol. The second-order valence-electron chi connectivity index (χ2n) is 7.90. The summed E-state index contributed by atoms with van der Waals surface area (Å²) >= 11 is 0. The molecule has 2 heterocycles. The summed E-state index contributed by atoms with van der Waals surface area (Å²) in [4.78, 5) is 4.34. The first-order valence-electron chi connectivity index (χ1n) is 9.57. The van der Waals surface area contributed by atoms with Gasteiger partial charge in [-0.25, -0.2) is 14.3 Å². The van der Waals surface area contributed by atoms with E-state index in [1.807, 2.05) is 26.0 Å². The molecule has 4 N–H and O–H groups in total. The average Bonchev–Trinajstić information content (AvgIpc) is 3.37. The number of nitrogen functional groups attached to an aromatic ring is 1. The van der Waals surface area contributed by atoms with Gasteiger partial charge in [0.1, 0.15) is 17.6 Å². The zero-order valence-corrected chi connectivity index (χ0v) is 17.4. The average molecular weight is 412 g/mol. The molecule has 1 aromatic carbocycles. The summed E-state index contributed by atoms with van der Waals surface area (Å²) in [6, 6.07) is 9.76. The zero-order valence-electron chi connectivity index (χ0n) is 16.6. The van der Waals surface area contributed by atoms with Gasteiger partial charge in [0.05, 0.1) is 5.54 Å². The maximum absolute atomic E-state index is 11.4. The van der Waals surface area contributed by atoms with Gasteiger partial charge in [0.15, 0.2) is 5.03 Å². The summed E-state index contributed by atoms with van der Waals surface area (Å²) < 4.78 is 19.1. The molecule has 1 aliphatic rings. The van der Waals surface area contributed by atoms with Crippen LogP contribution >= 0.6 is 0 Å². The van der Waals surface area contributed by atoms with Crippen molar-refractivity contribution in [2.45, 2.75) is 43.7 Å². The van der Waals surface area contributed by atoms with Crippen LogP contribution in [0.1, 0.15) is 31.4 Å². The first-order valence-corrected chi connectivity index (χ1v) is 10.8. The van der Waals surface area contributed by atoms with Crippen LogP contribution in [0.4, 0.5) is 5.69 Å². The van der Waals surface area contributed by atoms with Crippen molar-refractivity contribution in [3.05, 3.63) is 53.9 Å². The highest BCUT2D eigenvalue weighted by atomic mass is 32.2. The Morgan fingerprint density at radius 2 is 2.07 bits per heavy atom. The SMILES string of the molecule is CC(C)(COc1cc(-c2ccc3c(c2N)CCC3)ccn1)n1ccc(S(N)=O)n1. The number of nitrogens with zero attached hydrogens (tertiary/aromatic N) is 3. The molecule has 0 bridgehead atoms. The quantitative estimate of drug-likeness (QED) is 0.606. The topological polar surface area (TPSA) is 109 Å². The molecule has 0 saturated heterocycles. The minimum atomic E-state index is -1.61. The molecule has 0 spiro atoms. The Hall–Kier alpha value is -2.71. The molecule has 0 radical (unpaired) electrons. The zero-order chi connectivity index (χ0) is 20.6. The highest BCUT2D eigenvalue weighted by Crippen LogP contribution is 2.36. The van der Waals surface area contributed by atoms with Gasteiger partial charge in [-0.1, -0.05) is 12.1 Å². The molecule has 0 amide bonds. The first kappa shape index (κ1) is 19.6. The van der Waals surface area contributed by atoms with Crippen molar-refractivity contribution in [2.75, 3.05) is 12.3 Å². The van der Waals surface area contributed by atoms with Crippen LogP contribution < -0.4 is 15.6 Å². The number of pyridine rings is 1. The normalized spacial score (nSPS) is 14.6. The standard InChI is InChI=1S/C21H25N5O2S/c1-21(2,26-11-9-19(25-26)29(23)27)13-28-18-12-15(8-10-24-18)17-7-6-14-4-3-5-16(14)20(17)22/h6-12H,3-5,13,22-23H2,1-2H3. The van der Waals surface area contributed by atoms with Crippen molar-refractivity contribution in [2.24, 2.45) is 5.14 Å². The van der Waals surface area contributed by atoms with E-state index in [0.29, 0.717) is 17.5 Å². The van der Waals surface area contributed by atoms with Crippen LogP contribution in [0.3, 0.4) is 0 Å². The van der Waals surface area contributed by atoms with E-state index in [2.05, 4.69) is 22.2 Å². The molecule has 8 heteroatoms. The van der Waals surface area contributed by atoms with Gasteiger partial charge in [-0.15, -0.1) is 0 Å². The number of fused-ring (bicyclic) bond motifs is 1. The maximum atomic E-state index is 11.4. The van der Waals surface area contributed by atoms with Crippen molar-refractivity contribution in [3.63, 3.8) is 0 Å². The lowest BCUT2D eigenvalue weighted by Gasteiger charge is -2.25. The summed E-state index contributed by atoms with van der Waals surface area (Å²) in [5.74, 6) is 0.519. The van der Waals surface area contributed by atoms with Crippen LogP contribution in [0.15, 0.2) is 47.8 Å². The largest absolute Gasteiger partial charge is 0.475 e. The smallest absolute Gasteiger partial charge is 0.213 e. The fourth-order valence-corrected chi connectivity index (χ4v) is 4.03. The molecule has 2 aromatic heterocycles. The molecule has 1 aliphatic carbocycles. The molecule has 1 atom stereocenters.